The lowest BCUT2D eigenvalue weighted by atomic mass is 9.84. The summed E-state index contributed by atoms with van der Waals surface area (Å²) in [4.78, 5) is 24.7. The second-order valence-electron chi connectivity index (χ2n) is 16.0. The van der Waals surface area contributed by atoms with Gasteiger partial charge in [0.05, 0.1) is 54.6 Å². The highest BCUT2D eigenvalue weighted by atomic mass is 32.2. The molecule has 0 radical (unpaired) electrons. The molecule has 1 aliphatic rings. The Morgan fingerprint density at radius 2 is 1.17 bits per heavy atom. The number of carbonyl (C=O) groups excluding carboxylic acids is 2. The maximum Gasteiger partial charge on any atom is 0.249 e. The predicted octanol–water partition coefficient (Wildman–Crippen LogP) is 5.41. The van der Waals surface area contributed by atoms with Crippen LogP contribution in [0.1, 0.15) is 51.5 Å². The maximum atomic E-state index is 12.4. The molecule has 7 aromatic rings. The molecular weight excluding hydrogens is 885 g/mol. The van der Waals surface area contributed by atoms with Gasteiger partial charge in [-0.25, -0.2) is 26.3 Å². The highest BCUT2D eigenvalue weighted by molar-refractivity contribution is 7.89. The van der Waals surface area contributed by atoms with Crippen molar-refractivity contribution in [3.05, 3.63) is 131 Å². The van der Waals surface area contributed by atoms with E-state index >= 15 is 0 Å². The summed E-state index contributed by atoms with van der Waals surface area (Å²) in [5, 5.41) is 2.24. The van der Waals surface area contributed by atoms with E-state index in [9.17, 15) is 26.4 Å². The molecular formula is C48H54N6O10S2. The number of methoxy groups -OCH3 is 2. The van der Waals surface area contributed by atoms with Crippen molar-refractivity contribution in [2.75, 3.05) is 53.0 Å². The summed E-state index contributed by atoms with van der Waals surface area (Å²) >= 11 is 0. The van der Waals surface area contributed by atoms with Gasteiger partial charge in [0.2, 0.25) is 31.9 Å². The van der Waals surface area contributed by atoms with Crippen LogP contribution in [0.5, 0.6) is 23.0 Å². The van der Waals surface area contributed by atoms with Crippen molar-refractivity contribution < 1.29 is 45.4 Å². The largest absolute Gasteiger partial charge is 0.497 e. The van der Waals surface area contributed by atoms with Crippen LogP contribution in [0.25, 0.3) is 32.7 Å². The maximum absolute atomic E-state index is 12.4. The molecule has 0 spiro atoms. The minimum absolute atomic E-state index is 0.0967. The van der Waals surface area contributed by atoms with Crippen LogP contribution in [0.15, 0.2) is 103 Å². The van der Waals surface area contributed by atoms with E-state index in [1.807, 2.05) is 66.7 Å². The van der Waals surface area contributed by atoms with Crippen LogP contribution in [0.2, 0.25) is 0 Å². The van der Waals surface area contributed by atoms with Crippen molar-refractivity contribution in [1.29, 1.82) is 0 Å². The topological polar surface area (TPSA) is 225 Å². The summed E-state index contributed by atoms with van der Waals surface area (Å²) in [7, 11) is -3.50. The molecule has 1 aliphatic carbocycles. The van der Waals surface area contributed by atoms with Crippen LogP contribution in [0.4, 0.5) is 0 Å². The van der Waals surface area contributed by atoms with E-state index < -0.39 is 31.9 Å². The first kappa shape index (κ1) is 47.4. The average molecular weight is 939 g/mol. The standard InChI is InChI=1S/C24H29N3O5S.C24H25N3O5S/c2*1-31-17-13-20-23(21(14-17)32-12-11-26-33(2,29)30)22-18(24(25)28)9-6-10-19(22)27(20)15-16-7-4-3-5-8-16/h3-5,7-8,13-14,18,26H,6,9-12,15H2,1-2H3,(H2,25,28);3-10,13-14,26H,11-12,15H2,1-2H3,(H2,25,28). The Morgan fingerprint density at radius 3 is 1.67 bits per heavy atom. The Kier molecular flexibility index (Phi) is 14.6. The third-order valence-corrected chi connectivity index (χ3v) is 12.8. The zero-order valence-corrected chi connectivity index (χ0v) is 38.8. The minimum atomic E-state index is -3.34. The fourth-order valence-electron chi connectivity index (χ4n) is 8.57. The van der Waals surface area contributed by atoms with Crippen LogP contribution in [-0.4, -0.2) is 90.8 Å². The Bertz CT molecular complexity index is 3120. The van der Waals surface area contributed by atoms with Crippen molar-refractivity contribution in [2.24, 2.45) is 11.5 Å². The monoisotopic (exact) mass is 938 g/mol. The number of nitrogens with zero attached hydrogens (tertiary/aromatic N) is 2. The van der Waals surface area contributed by atoms with Crippen molar-refractivity contribution in [1.82, 2.24) is 18.6 Å². The molecule has 18 heteroatoms. The van der Waals surface area contributed by atoms with Crippen LogP contribution in [-0.2, 0) is 44.4 Å². The number of nitrogens with two attached hydrogens (primary N) is 2. The van der Waals surface area contributed by atoms with Crippen LogP contribution in [0, 0.1) is 0 Å². The number of aromatic nitrogens is 2. The van der Waals surface area contributed by atoms with E-state index in [4.69, 9.17) is 30.4 Å². The third kappa shape index (κ3) is 10.9. The van der Waals surface area contributed by atoms with Crippen molar-refractivity contribution in [3.8, 4) is 23.0 Å². The first-order chi connectivity index (χ1) is 31.6. The zero-order valence-electron chi connectivity index (χ0n) is 37.2. The molecule has 8 rings (SSSR count). The van der Waals surface area contributed by atoms with Crippen molar-refractivity contribution in [3.63, 3.8) is 0 Å². The SMILES string of the molecule is COc1cc(OCCNS(C)(=O)=O)c2c3c(C(N)=O)cccc3n(Cc3ccccc3)c2c1.COc1cc(OCCNS(C)(=O)=O)c2c3c(n(Cc4ccccc4)c2c1)CCCC3C(N)=O. The van der Waals surface area contributed by atoms with E-state index in [1.54, 1.807) is 38.5 Å². The number of primary amides is 2. The quantitative estimate of drug-likeness (QED) is 0.0801. The lowest BCUT2D eigenvalue weighted by Crippen LogP contribution is -2.27. The van der Waals surface area contributed by atoms with Crippen LogP contribution in [0.3, 0.4) is 0 Å². The van der Waals surface area contributed by atoms with Gasteiger partial charge in [-0.2, -0.15) is 0 Å². The smallest absolute Gasteiger partial charge is 0.249 e. The molecule has 0 aliphatic heterocycles. The lowest BCUT2D eigenvalue weighted by molar-refractivity contribution is -0.119. The number of amides is 2. The molecule has 1 unspecified atom stereocenters. The predicted molar refractivity (Wildman–Crippen MR) is 256 cm³/mol. The third-order valence-electron chi connectivity index (χ3n) is 11.3. The second kappa shape index (κ2) is 20.3. The first-order valence-corrected chi connectivity index (χ1v) is 25.0. The number of hydrogen-bond acceptors (Lipinski definition) is 10. The van der Waals surface area contributed by atoms with Crippen molar-refractivity contribution in [2.45, 2.75) is 38.3 Å². The number of hydrogen-bond donors (Lipinski definition) is 4. The molecule has 2 aromatic heterocycles. The summed E-state index contributed by atoms with van der Waals surface area (Å²) < 4.78 is 77.8. The number of nitrogens with one attached hydrogen (secondary N) is 2. The lowest BCUT2D eigenvalue weighted by Gasteiger charge is -2.22. The normalized spacial score (nSPS) is 13.8. The zero-order chi connectivity index (χ0) is 47.2. The van der Waals surface area contributed by atoms with Gasteiger partial charge in [-0.1, -0.05) is 66.7 Å². The summed E-state index contributed by atoms with van der Waals surface area (Å²) in [6.45, 7) is 1.66. The molecule has 0 fully saturated rings. The molecule has 1 atom stereocenters. The Balaban J connectivity index is 0.000000196. The molecule has 16 nitrogen and oxygen atoms in total. The van der Waals surface area contributed by atoms with Crippen LogP contribution >= 0.6 is 0 Å². The number of ether oxygens (including phenoxy) is 4. The molecule has 348 valence electrons. The number of rotatable bonds is 18. The van der Waals surface area contributed by atoms with E-state index in [0.29, 0.717) is 53.5 Å². The summed E-state index contributed by atoms with van der Waals surface area (Å²) in [5.74, 6) is 0.925. The Morgan fingerprint density at radius 1 is 0.652 bits per heavy atom. The first-order valence-electron chi connectivity index (χ1n) is 21.2. The van der Waals surface area contributed by atoms with E-state index in [1.165, 1.54) is 0 Å². The number of sulfonamides is 2. The van der Waals surface area contributed by atoms with Crippen molar-refractivity contribution >= 4 is 64.6 Å². The van der Waals surface area contributed by atoms with Gasteiger partial charge in [0.1, 0.15) is 36.2 Å². The average Bonchev–Trinajstić information content (AvgIpc) is 3.78. The summed E-state index contributed by atoms with van der Waals surface area (Å²) in [5.41, 5.74) is 18.7. The van der Waals surface area contributed by atoms with Gasteiger partial charge in [0.25, 0.3) is 0 Å². The molecule has 0 saturated carbocycles. The van der Waals surface area contributed by atoms with Gasteiger partial charge >= 0.3 is 0 Å². The molecule has 2 amide bonds. The van der Waals surface area contributed by atoms with Crippen LogP contribution < -0.4 is 39.9 Å². The Labute approximate surface area is 383 Å². The van der Waals surface area contributed by atoms with Gasteiger partial charge < -0.3 is 39.5 Å². The van der Waals surface area contributed by atoms with Gasteiger partial charge in [0, 0.05) is 72.5 Å². The fourth-order valence-corrected chi connectivity index (χ4v) is 9.48. The molecule has 0 bridgehead atoms. The van der Waals surface area contributed by atoms with Gasteiger partial charge in [-0.3, -0.25) is 9.59 Å². The van der Waals surface area contributed by atoms with E-state index in [-0.39, 0.29) is 32.2 Å². The highest BCUT2D eigenvalue weighted by Gasteiger charge is 2.33. The molecule has 5 aromatic carbocycles. The Hall–Kier alpha value is -6.60. The summed E-state index contributed by atoms with van der Waals surface area (Å²) in [6, 6.07) is 32.9. The van der Waals surface area contributed by atoms with Gasteiger partial charge in [-0.15, -0.1) is 0 Å². The van der Waals surface area contributed by atoms with E-state index in [2.05, 4.69) is 30.7 Å². The molecule has 0 saturated heterocycles. The number of carbonyl (C=O) groups is 2. The van der Waals surface area contributed by atoms with E-state index in [0.717, 1.165) is 75.1 Å². The fraction of sp³-hybridized carbons (Fsp3) is 0.292. The highest BCUT2D eigenvalue weighted by Crippen LogP contribution is 2.45. The number of benzene rings is 5. The minimum Gasteiger partial charge on any atom is -0.497 e. The van der Waals surface area contributed by atoms with Gasteiger partial charge in [0.15, 0.2) is 0 Å². The van der Waals surface area contributed by atoms with Gasteiger partial charge in [-0.05, 0) is 48.1 Å². The summed E-state index contributed by atoms with van der Waals surface area (Å²) in [6.07, 6.45) is 4.59. The molecule has 66 heavy (non-hydrogen) atoms. The molecule has 2 heterocycles. The number of fused-ring (bicyclic) bond motifs is 6. The second-order valence-corrected chi connectivity index (χ2v) is 19.7. The molecule has 6 N–H and O–H groups in total.